The number of carbonyl (C=O) groups is 2. The lowest BCUT2D eigenvalue weighted by Gasteiger charge is -2.09. The average Bonchev–Trinajstić information content (AvgIpc) is 2.84. The number of anilines is 2. The molecule has 0 saturated heterocycles. The van der Waals surface area contributed by atoms with Gasteiger partial charge < -0.3 is 20.9 Å². The lowest BCUT2D eigenvalue weighted by atomic mass is 10.0. The first-order valence-corrected chi connectivity index (χ1v) is 10.7. The second-order valence-corrected chi connectivity index (χ2v) is 7.97. The number of ether oxygens (including phenoxy) is 2. The van der Waals surface area contributed by atoms with Crippen LogP contribution >= 0.6 is 0 Å². The summed E-state index contributed by atoms with van der Waals surface area (Å²) in [5.41, 5.74) is 17.2. The zero-order valence-electron chi connectivity index (χ0n) is 18.9. The Morgan fingerprint density at radius 1 is 0.559 bits per heavy atom. The van der Waals surface area contributed by atoms with Crippen molar-refractivity contribution in [3.63, 3.8) is 0 Å². The Kier molecular flexibility index (Phi) is 6.32. The summed E-state index contributed by atoms with van der Waals surface area (Å²) in [5.74, 6) is -0.0202. The van der Waals surface area contributed by atoms with Gasteiger partial charge in [-0.1, -0.05) is 24.3 Å². The van der Waals surface area contributed by atoms with E-state index in [1.54, 1.807) is 60.7 Å². The van der Waals surface area contributed by atoms with Gasteiger partial charge in [0.1, 0.15) is 11.5 Å². The van der Waals surface area contributed by atoms with Gasteiger partial charge in [-0.3, -0.25) is 0 Å². The van der Waals surface area contributed by atoms with Crippen molar-refractivity contribution in [1.29, 1.82) is 0 Å². The molecule has 0 amide bonds. The van der Waals surface area contributed by atoms with Crippen LogP contribution in [0.5, 0.6) is 11.5 Å². The highest BCUT2D eigenvalue weighted by molar-refractivity contribution is 5.93. The van der Waals surface area contributed by atoms with E-state index in [2.05, 4.69) is 0 Å². The third-order valence-corrected chi connectivity index (χ3v) is 5.48. The number of aryl methyl sites for hydroxylation is 2. The molecule has 0 saturated carbocycles. The van der Waals surface area contributed by atoms with E-state index in [-0.39, 0.29) is 0 Å². The molecular formula is C28H24N2O4. The maximum Gasteiger partial charge on any atom is 0.343 e. The monoisotopic (exact) mass is 452 g/mol. The van der Waals surface area contributed by atoms with Gasteiger partial charge in [-0.15, -0.1) is 0 Å². The molecule has 0 heterocycles. The number of nitrogens with two attached hydrogens (primary N) is 2. The number of rotatable bonds is 5. The minimum absolute atomic E-state index is 0.428. The van der Waals surface area contributed by atoms with Crippen LogP contribution in [0.3, 0.4) is 0 Å². The van der Waals surface area contributed by atoms with Crippen LogP contribution < -0.4 is 20.9 Å². The summed E-state index contributed by atoms with van der Waals surface area (Å²) in [6.07, 6.45) is 0. The fourth-order valence-electron chi connectivity index (χ4n) is 3.35. The van der Waals surface area contributed by atoms with Crippen LogP contribution in [0.2, 0.25) is 0 Å². The second kappa shape index (κ2) is 9.50. The molecule has 0 fully saturated rings. The molecular weight excluding hydrogens is 428 g/mol. The predicted molar refractivity (Wildman–Crippen MR) is 133 cm³/mol. The molecule has 0 aliphatic carbocycles. The molecule has 6 nitrogen and oxygen atoms in total. The Hall–Kier alpha value is -4.58. The van der Waals surface area contributed by atoms with E-state index in [1.807, 2.05) is 38.1 Å². The number of esters is 2. The molecule has 0 aromatic heterocycles. The molecule has 0 bridgehead atoms. The first-order valence-electron chi connectivity index (χ1n) is 10.7. The first-order chi connectivity index (χ1) is 16.3. The third-order valence-electron chi connectivity index (χ3n) is 5.48. The number of hydrogen-bond acceptors (Lipinski definition) is 6. The molecule has 0 radical (unpaired) electrons. The molecule has 0 spiro atoms. The van der Waals surface area contributed by atoms with Crippen molar-refractivity contribution in [2.75, 3.05) is 11.5 Å². The molecule has 4 N–H and O–H groups in total. The van der Waals surface area contributed by atoms with E-state index < -0.39 is 11.9 Å². The zero-order chi connectivity index (χ0) is 24.2. The number of hydrogen-bond donors (Lipinski definition) is 2. The summed E-state index contributed by atoms with van der Waals surface area (Å²) in [6, 6.07) is 24.3. The van der Waals surface area contributed by atoms with Gasteiger partial charge in [0.25, 0.3) is 0 Å². The van der Waals surface area contributed by atoms with Crippen LogP contribution in [-0.2, 0) is 0 Å². The smallest absolute Gasteiger partial charge is 0.343 e. The largest absolute Gasteiger partial charge is 0.423 e. The highest BCUT2D eigenvalue weighted by Gasteiger charge is 2.12. The van der Waals surface area contributed by atoms with Crippen LogP contribution in [-0.4, -0.2) is 11.9 Å². The van der Waals surface area contributed by atoms with Crippen molar-refractivity contribution < 1.29 is 19.1 Å². The van der Waals surface area contributed by atoms with Crippen molar-refractivity contribution in [2.24, 2.45) is 0 Å². The van der Waals surface area contributed by atoms with Gasteiger partial charge in [-0.2, -0.15) is 0 Å². The molecule has 34 heavy (non-hydrogen) atoms. The van der Waals surface area contributed by atoms with Crippen LogP contribution in [0, 0.1) is 13.8 Å². The maximum atomic E-state index is 12.5. The molecule has 0 aliphatic heterocycles. The van der Waals surface area contributed by atoms with E-state index in [1.165, 1.54) is 0 Å². The van der Waals surface area contributed by atoms with E-state index in [9.17, 15) is 9.59 Å². The third kappa shape index (κ3) is 5.07. The fourth-order valence-corrected chi connectivity index (χ4v) is 3.35. The Labute approximate surface area is 197 Å². The van der Waals surface area contributed by atoms with E-state index in [4.69, 9.17) is 20.9 Å². The van der Waals surface area contributed by atoms with Crippen LogP contribution in [0.25, 0.3) is 11.1 Å². The summed E-state index contributed by atoms with van der Waals surface area (Å²) >= 11 is 0. The standard InChI is InChI=1S/C28H24N2O4/c1-17-15-23(11-13-25(17)29)33-27(31)21-7-3-19(4-8-21)20-5-9-22(10-6-20)28(32)34-24-12-14-26(30)18(2)16-24/h3-16H,29-30H2,1-2H3. The van der Waals surface area contributed by atoms with Gasteiger partial charge in [0.2, 0.25) is 0 Å². The number of carbonyl (C=O) groups excluding carboxylic acids is 2. The van der Waals surface area contributed by atoms with Gasteiger partial charge in [-0.05, 0) is 96.8 Å². The van der Waals surface area contributed by atoms with Gasteiger partial charge >= 0.3 is 11.9 Å². The van der Waals surface area contributed by atoms with E-state index in [0.717, 1.165) is 22.3 Å². The summed E-state index contributed by atoms with van der Waals surface area (Å²) in [7, 11) is 0. The minimum Gasteiger partial charge on any atom is -0.423 e. The number of nitrogen functional groups attached to an aromatic ring is 2. The summed E-state index contributed by atoms with van der Waals surface area (Å²) < 4.78 is 10.9. The van der Waals surface area contributed by atoms with Crippen molar-refractivity contribution in [3.05, 3.63) is 107 Å². The average molecular weight is 453 g/mol. The fraction of sp³-hybridized carbons (Fsp3) is 0.0714. The van der Waals surface area contributed by atoms with Gasteiger partial charge in [0.05, 0.1) is 11.1 Å². The molecule has 4 rings (SSSR count). The predicted octanol–water partition coefficient (Wildman–Crippen LogP) is 5.57. The maximum absolute atomic E-state index is 12.5. The van der Waals surface area contributed by atoms with Gasteiger partial charge in [0, 0.05) is 11.4 Å². The lowest BCUT2D eigenvalue weighted by molar-refractivity contribution is 0.0725. The van der Waals surface area contributed by atoms with Crippen molar-refractivity contribution in [2.45, 2.75) is 13.8 Å². The first kappa shape index (κ1) is 22.6. The topological polar surface area (TPSA) is 105 Å². The highest BCUT2D eigenvalue weighted by Crippen LogP contribution is 2.24. The SMILES string of the molecule is Cc1cc(OC(=O)c2ccc(-c3ccc(C(=O)Oc4ccc(N)c(C)c4)cc3)cc2)ccc1N. The summed E-state index contributed by atoms with van der Waals surface area (Å²) in [5, 5.41) is 0. The van der Waals surface area contributed by atoms with Gasteiger partial charge in [-0.25, -0.2) is 9.59 Å². The van der Waals surface area contributed by atoms with Crippen molar-refractivity contribution >= 4 is 23.3 Å². The zero-order valence-corrected chi connectivity index (χ0v) is 18.9. The Morgan fingerprint density at radius 3 is 1.24 bits per heavy atom. The molecule has 0 unspecified atom stereocenters. The molecule has 0 aliphatic rings. The molecule has 0 atom stereocenters. The number of benzene rings is 4. The normalized spacial score (nSPS) is 10.5. The van der Waals surface area contributed by atoms with Crippen LogP contribution in [0.4, 0.5) is 11.4 Å². The quantitative estimate of drug-likeness (QED) is 0.233. The molecule has 6 heteroatoms. The highest BCUT2D eigenvalue weighted by atomic mass is 16.5. The van der Waals surface area contributed by atoms with E-state index in [0.29, 0.717) is 34.0 Å². The molecule has 170 valence electrons. The Bertz CT molecular complexity index is 1250. The second-order valence-electron chi connectivity index (χ2n) is 7.97. The molecule has 4 aromatic rings. The lowest BCUT2D eigenvalue weighted by Crippen LogP contribution is -2.09. The van der Waals surface area contributed by atoms with Crippen molar-refractivity contribution in [1.82, 2.24) is 0 Å². The molecule has 4 aromatic carbocycles. The summed E-state index contributed by atoms with van der Waals surface area (Å²) in [4.78, 5) is 24.9. The van der Waals surface area contributed by atoms with Crippen molar-refractivity contribution in [3.8, 4) is 22.6 Å². The van der Waals surface area contributed by atoms with Crippen LogP contribution in [0.1, 0.15) is 31.8 Å². The van der Waals surface area contributed by atoms with Crippen LogP contribution in [0.15, 0.2) is 84.9 Å². The summed E-state index contributed by atoms with van der Waals surface area (Å²) in [6.45, 7) is 3.70. The van der Waals surface area contributed by atoms with Gasteiger partial charge in [0.15, 0.2) is 0 Å². The van der Waals surface area contributed by atoms with E-state index >= 15 is 0 Å². The minimum atomic E-state index is -0.452. The Morgan fingerprint density at radius 2 is 0.912 bits per heavy atom. The Balaban J connectivity index is 1.42.